The molecule has 0 heterocycles. The van der Waals surface area contributed by atoms with Crippen LogP contribution in [0.5, 0.6) is 0 Å². The van der Waals surface area contributed by atoms with E-state index >= 15 is 0 Å². The van der Waals surface area contributed by atoms with Crippen molar-refractivity contribution in [1.82, 2.24) is 5.32 Å². The molecule has 0 aromatic heterocycles. The molecule has 1 aromatic rings. The second-order valence-corrected chi connectivity index (χ2v) is 4.78. The van der Waals surface area contributed by atoms with Crippen LogP contribution in [0, 0.1) is 5.82 Å². The number of rotatable bonds is 6. The standard InChI is InChI=1S/C13H16ClF4N/c1-2-19-11(5-6-13(16,17)18)8-9-7-10(14)3-4-12(9)15/h3-4,7,11,19H,2,5-6,8H2,1H3. The Kier molecular flexibility index (Phi) is 6.07. The van der Waals surface area contributed by atoms with Crippen LogP contribution in [0.1, 0.15) is 25.3 Å². The summed E-state index contributed by atoms with van der Waals surface area (Å²) in [6, 6.07) is 3.68. The molecule has 1 N–H and O–H groups in total. The Morgan fingerprint density at radius 1 is 1.32 bits per heavy atom. The van der Waals surface area contributed by atoms with Crippen LogP contribution in [-0.2, 0) is 6.42 Å². The van der Waals surface area contributed by atoms with Crippen molar-refractivity contribution in [1.29, 1.82) is 0 Å². The first-order chi connectivity index (χ1) is 8.81. The van der Waals surface area contributed by atoms with Crippen LogP contribution in [0.15, 0.2) is 18.2 Å². The lowest BCUT2D eigenvalue weighted by atomic mass is 10.0. The van der Waals surface area contributed by atoms with Crippen molar-refractivity contribution < 1.29 is 17.6 Å². The minimum Gasteiger partial charge on any atom is -0.314 e. The second kappa shape index (κ2) is 7.10. The molecule has 0 spiro atoms. The monoisotopic (exact) mass is 297 g/mol. The van der Waals surface area contributed by atoms with Gasteiger partial charge in [-0.25, -0.2) is 4.39 Å². The van der Waals surface area contributed by atoms with Gasteiger partial charge in [0.25, 0.3) is 0 Å². The maximum atomic E-state index is 13.5. The van der Waals surface area contributed by atoms with Crippen molar-refractivity contribution in [3.63, 3.8) is 0 Å². The molecule has 1 unspecified atom stereocenters. The topological polar surface area (TPSA) is 12.0 Å². The summed E-state index contributed by atoms with van der Waals surface area (Å²) in [6.45, 7) is 2.33. The molecule has 0 saturated heterocycles. The first-order valence-electron chi connectivity index (χ1n) is 6.06. The smallest absolute Gasteiger partial charge is 0.314 e. The highest BCUT2D eigenvalue weighted by Crippen LogP contribution is 2.24. The predicted molar refractivity (Wildman–Crippen MR) is 67.9 cm³/mol. The Balaban J connectivity index is 2.69. The Hall–Kier alpha value is -0.810. The number of hydrogen-bond donors (Lipinski definition) is 1. The lowest BCUT2D eigenvalue weighted by molar-refractivity contribution is -0.136. The van der Waals surface area contributed by atoms with Gasteiger partial charge in [-0.2, -0.15) is 13.2 Å². The van der Waals surface area contributed by atoms with E-state index in [0.29, 0.717) is 17.1 Å². The molecule has 1 rings (SSSR count). The van der Waals surface area contributed by atoms with Gasteiger partial charge in [-0.15, -0.1) is 0 Å². The van der Waals surface area contributed by atoms with Gasteiger partial charge in [0.1, 0.15) is 5.82 Å². The van der Waals surface area contributed by atoms with Crippen molar-refractivity contribution >= 4 is 11.6 Å². The van der Waals surface area contributed by atoms with E-state index in [1.165, 1.54) is 18.2 Å². The molecule has 1 atom stereocenters. The zero-order valence-corrected chi connectivity index (χ0v) is 11.3. The van der Waals surface area contributed by atoms with Gasteiger partial charge >= 0.3 is 6.18 Å². The maximum Gasteiger partial charge on any atom is 0.389 e. The number of nitrogens with one attached hydrogen (secondary N) is 1. The van der Waals surface area contributed by atoms with E-state index in [0.717, 1.165) is 0 Å². The molecule has 108 valence electrons. The van der Waals surface area contributed by atoms with Crippen molar-refractivity contribution in [3.05, 3.63) is 34.6 Å². The van der Waals surface area contributed by atoms with E-state index < -0.39 is 24.5 Å². The molecule has 0 aliphatic heterocycles. The van der Waals surface area contributed by atoms with Gasteiger partial charge in [0.15, 0.2) is 0 Å². The third-order valence-corrected chi connectivity index (χ3v) is 2.98. The fraction of sp³-hybridized carbons (Fsp3) is 0.538. The molecule has 1 aromatic carbocycles. The van der Waals surface area contributed by atoms with E-state index in [1.807, 2.05) is 0 Å². The minimum absolute atomic E-state index is 0.0801. The SMILES string of the molecule is CCNC(CCC(F)(F)F)Cc1cc(Cl)ccc1F. The van der Waals surface area contributed by atoms with Crippen molar-refractivity contribution in [3.8, 4) is 0 Å². The first-order valence-corrected chi connectivity index (χ1v) is 6.43. The molecule has 1 nitrogen and oxygen atoms in total. The average molecular weight is 298 g/mol. The van der Waals surface area contributed by atoms with E-state index in [1.54, 1.807) is 6.92 Å². The molecule has 19 heavy (non-hydrogen) atoms. The first kappa shape index (κ1) is 16.2. The largest absolute Gasteiger partial charge is 0.389 e. The molecule has 0 bridgehead atoms. The average Bonchev–Trinajstić information content (AvgIpc) is 2.30. The summed E-state index contributed by atoms with van der Waals surface area (Å²) >= 11 is 5.76. The number of halogens is 5. The van der Waals surface area contributed by atoms with Crippen LogP contribution in [0.25, 0.3) is 0 Å². The maximum absolute atomic E-state index is 13.5. The number of hydrogen-bond acceptors (Lipinski definition) is 1. The molecule has 0 amide bonds. The van der Waals surface area contributed by atoms with Gasteiger partial charge in [-0.1, -0.05) is 18.5 Å². The predicted octanol–water partition coefficient (Wildman–Crippen LogP) is 4.34. The fourth-order valence-electron chi connectivity index (χ4n) is 1.87. The van der Waals surface area contributed by atoms with Crippen LogP contribution < -0.4 is 5.32 Å². The van der Waals surface area contributed by atoms with Crippen LogP contribution in [-0.4, -0.2) is 18.8 Å². The normalized spacial score (nSPS) is 13.6. The van der Waals surface area contributed by atoms with Gasteiger partial charge < -0.3 is 5.32 Å². The summed E-state index contributed by atoms with van der Waals surface area (Å²) in [5.74, 6) is -0.445. The molecular formula is C13H16ClF4N. The Morgan fingerprint density at radius 3 is 2.58 bits per heavy atom. The second-order valence-electron chi connectivity index (χ2n) is 4.35. The Bertz CT molecular complexity index is 406. The van der Waals surface area contributed by atoms with E-state index in [-0.39, 0.29) is 12.8 Å². The summed E-state index contributed by atoms with van der Waals surface area (Å²) in [4.78, 5) is 0. The van der Waals surface area contributed by atoms with Gasteiger partial charge in [0, 0.05) is 17.5 Å². The van der Waals surface area contributed by atoms with E-state index in [2.05, 4.69) is 5.32 Å². The van der Waals surface area contributed by atoms with Crippen molar-refractivity contribution in [2.24, 2.45) is 0 Å². The summed E-state index contributed by atoms with van der Waals surface area (Å²) < 4.78 is 50.2. The summed E-state index contributed by atoms with van der Waals surface area (Å²) in [5, 5.41) is 3.32. The Labute approximate surface area is 115 Å². The van der Waals surface area contributed by atoms with E-state index in [4.69, 9.17) is 11.6 Å². The van der Waals surface area contributed by atoms with Crippen molar-refractivity contribution in [2.75, 3.05) is 6.54 Å². The van der Waals surface area contributed by atoms with Crippen LogP contribution >= 0.6 is 11.6 Å². The molecule has 0 saturated carbocycles. The van der Waals surface area contributed by atoms with Crippen molar-refractivity contribution in [2.45, 2.75) is 38.4 Å². The van der Waals surface area contributed by atoms with Crippen LogP contribution in [0.4, 0.5) is 17.6 Å². The molecular weight excluding hydrogens is 282 g/mol. The van der Waals surface area contributed by atoms with E-state index in [9.17, 15) is 17.6 Å². The molecule has 0 aliphatic carbocycles. The molecule has 6 heteroatoms. The highest BCUT2D eigenvalue weighted by Gasteiger charge is 2.28. The van der Waals surface area contributed by atoms with Gasteiger partial charge in [0.2, 0.25) is 0 Å². The quantitative estimate of drug-likeness (QED) is 0.770. The number of likely N-dealkylation sites (N-methyl/N-ethyl adjacent to an activating group) is 1. The lowest BCUT2D eigenvalue weighted by Crippen LogP contribution is -2.32. The third kappa shape index (κ3) is 6.25. The zero-order valence-electron chi connectivity index (χ0n) is 10.5. The number of alkyl halides is 3. The number of benzene rings is 1. The highest BCUT2D eigenvalue weighted by atomic mass is 35.5. The minimum atomic E-state index is -4.19. The fourth-order valence-corrected chi connectivity index (χ4v) is 2.06. The van der Waals surface area contributed by atoms with Crippen LogP contribution in [0.3, 0.4) is 0 Å². The zero-order chi connectivity index (χ0) is 14.5. The molecule has 0 aliphatic rings. The lowest BCUT2D eigenvalue weighted by Gasteiger charge is -2.19. The summed E-state index contributed by atoms with van der Waals surface area (Å²) in [6.07, 6.45) is -4.97. The highest BCUT2D eigenvalue weighted by molar-refractivity contribution is 6.30. The molecule has 0 radical (unpaired) electrons. The Morgan fingerprint density at radius 2 is 2.00 bits per heavy atom. The molecule has 0 fully saturated rings. The van der Waals surface area contributed by atoms with Gasteiger partial charge in [-0.05, 0) is 43.1 Å². The van der Waals surface area contributed by atoms with Gasteiger partial charge in [0.05, 0.1) is 0 Å². The third-order valence-electron chi connectivity index (χ3n) is 2.74. The summed E-state index contributed by atoms with van der Waals surface area (Å²) in [7, 11) is 0. The van der Waals surface area contributed by atoms with Crippen LogP contribution in [0.2, 0.25) is 5.02 Å². The summed E-state index contributed by atoms with van der Waals surface area (Å²) in [5.41, 5.74) is 0.334. The van der Waals surface area contributed by atoms with Gasteiger partial charge in [-0.3, -0.25) is 0 Å².